The number of benzene rings is 1. The summed E-state index contributed by atoms with van der Waals surface area (Å²) in [6, 6.07) is 11.9. The van der Waals surface area contributed by atoms with E-state index in [2.05, 4.69) is 37.6 Å². The van der Waals surface area contributed by atoms with Crippen molar-refractivity contribution in [3.05, 3.63) is 76.0 Å². The van der Waals surface area contributed by atoms with Crippen LogP contribution in [0.25, 0.3) is 5.69 Å². The van der Waals surface area contributed by atoms with Crippen LogP contribution in [0, 0.1) is 6.92 Å². The summed E-state index contributed by atoms with van der Waals surface area (Å²) in [6.45, 7) is 4.03. The van der Waals surface area contributed by atoms with Crippen molar-refractivity contribution in [3.8, 4) is 5.69 Å². The third kappa shape index (κ3) is 3.51. The lowest BCUT2D eigenvalue weighted by Gasteiger charge is -2.24. The Morgan fingerprint density at radius 1 is 1.24 bits per heavy atom. The standard InChI is InChI=1S/C22H21BrN4O2/c1-14-13-25-21-22(2,10-9-19(28)29-3)26-20(17-6-4-5-11-24-17)16-12-15(23)7-8-18(16)27(14)21/h4-8,11-13H,9-10H2,1-3H3/t22-/m0/s1. The summed E-state index contributed by atoms with van der Waals surface area (Å²) in [7, 11) is 1.40. The number of aromatic nitrogens is 3. The molecule has 0 amide bonds. The smallest absolute Gasteiger partial charge is 0.305 e. The summed E-state index contributed by atoms with van der Waals surface area (Å²) < 4.78 is 7.95. The summed E-state index contributed by atoms with van der Waals surface area (Å²) in [5.41, 5.74) is 3.79. The molecule has 29 heavy (non-hydrogen) atoms. The van der Waals surface area contributed by atoms with Crippen molar-refractivity contribution in [2.24, 2.45) is 4.99 Å². The van der Waals surface area contributed by atoms with E-state index in [1.165, 1.54) is 7.11 Å². The van der Waals surface area contributed by atoms with Crippen LogP contribution in [0.15, 0.2) is 58.3 Å². The van der Waals surface area contributed by atoms with Crippen LogP contribution >= 0.6 is 15.9 Å². The summed E-state index contributed by atoms with van der Waals surface area (Å²) in [5.74, 6) is 0.536. The average Bonchev–Trinajstić information content (AvgIpc) is 3.08. The van der Waals surface area contributed by atoms with Gasteiger partial charge in [-0.3, -0.25) is 19.3 Å². The normalized spacial score (nSPS) is 17.7. The summed E-state index contributed by atoms with van der Waals surface area (Å²) in [4.78, 5) is 26.3. The minimum Gasteiger partial charge on any atom is -0.469 e. The molecule has 0 saturated heterocycles. The van der Waals surface area contributed by atoms with Gasteiger partial charge >= 0.3 is 5.97 Å². The number of aliphatic imine (C=N–C) groups is 1. The van der Waals surface area contributed by atoms with Crippen LogP contribution in [0.4, 0.5) is 0 Å². The predicted octanol–water partition coefficient (Wildman–Crippen LogP) is 4.36. The Morgan fingerprint density at radius 3 is 2.79 bits per heavy atom. The SMILES string of the molecule is COC(=O)CC[C@]1(C)N=C(c2ccccn2)c2cc(Br)ccc2-n2c(C)cnc21. The Kier molecular flexibility index (Phi) is 5.08. The molecular formula is C22H21BrN4O2. The lowest BCUT2D eigenvalue weighted by Crippen LogP contribution is -2.26. The molecule has 148 valence electrons. The van der Waals surface area contributed by atoms with Gasteiger partial charge in [0.25, 0.3) is 0 Å². The second-order valence-electron chi connectivity index (χ2n) is 7.25. The van der Waals surface area contributed by atoms with Crippen LogP contribution in [-0.4, -0.2) is 33.3 Å². The third-order valence-corrected chi connectivity index (χ3v) is 5.68. The molecule has 1 aliphatic rings. The lowest BCUT2D eigenvalue weighted by molar-refractivity contribution is -0.141. The van der Waals surface area contributed by atoms with Gasteiger partial charge in [-0.25, -0.2) is 4.98 Å². The van der Waals surface area contributed by atoms with E-state index in [1.807, 2.05) is 44.3 Å². The van der Waals surface area contributed by atoms with Gasteiger partial charge in [0, 0.05) is 34.5 Å². The van der Waals surface area contributed by atoms with Crippen LogP contribution in [0.1, 0.15) is 42.5 Å². The van der Waals surface area contributed by atoms with Crippen LogP contribution in [0.3, 0.4) is 0 Å². The highest BCUT2D eigenvalue weighted by molar-refractivity contribution is 9.10. The first-order chi connectivity index (χ1) is 13.9. The Balaban J connectivity index is 1.99. The summed E-state index contributed by atoms with van der Waals surface area (Å²) in [6.07, 6.45) is 4.33. The Bertz CT molecular complexity index is 1110. The molecular weight excluding hydrogens is 432 g/mol. The number of rotatable bonds is 4. The zero-order valence-corrected chi connectivity index (χ0v) is 18.1. The van der Waals surface area contributed by atoms with Crippen molar-refractivity contribution in [1.29, 1.82) is 0 Å². The van der Waals surface area contributed by atoms with Crippen molar-refractivity contribution in [2.75, 3.05) is 7.11 Å². The van der Waals surface area contributed by atoms with Gasteiger partial charge in [-0.05, 0) is 50.6 Å². The van der Waals surface area contributed by atoms with Crippen LogP contribution in [-0.2, 0) is 15.1 Å². The highest BCUT2D eigenvalue weighted by Crippen LogP contribution is 2.38. The number of methoxy groups -OCH3 is 1. The lowest BCUT2D eigenvalue weighted by atomic mass is 9.94. The zero-order valence-electron chi connectivity index (χ0n) is 16.5. The molecule has 0 bridgehead atoms. The molecule has 4 rings (SSSR count). The van der Waals surface area contributed by atoms with E-state index in [1.54, 1.807) is 6.20 Å². The van der Waals surface area contributed by atoms with E-state index in [0.717, 1.165) is 38.6 Å². The molecule has 6 nitrogen and oxygen atoms in total. The quantitative estimate of drug-likeness (QED) is 0.551. The number of imidazole rings is 1. The molecule has 0 spiro atoms. The first-order valence-electron chi connectivity index (χ1n) is 9.36. The highest BCUT2D eigenvalue weighted by atomic mass is 79.9. The van der Waals surface area contributed by atoms with Gasteiger partial charge in [0.1, 0.15) is 11.4 Å². The van der Waals surface area contributed by atoms with Gasteiger partial charge in [-0.2, -0.15) is 0 Å². The van der Waals surface area contributed by atoms with E-state index in [4.69, 9.17) is 14.7 Å². The molecule has 0 fully saturated rings. The molecule has 3 aromatic rings. The maximum absolute atomic E-state index is 11.9. The second kappa shape index (κ2) is 7.55. The van der Waals surface area contributed by atoms with E-state index < -0.39 is 5.54 Å². The number of halogens is 1. The average molecular weight is 453 g/mol. The van der Waals surface area contributed by atoms with Crippen molar-refractivity contribution in [1.82, 2.24) is 14.5 Å². The minimum atomic E-state index is -0.721. The number of nitrogens with zero attached hydrogens (tertiary/aromatic N) is 4. The first-order valence-corrected chi connectivity index (χ1v) is 10.2. The Morgan fingerprint density at radius 2 is 2.07 bits per heavy atom. The van der Waals surface area contributed by atoms with Crippen molar-refractivity contribution >= 4 is 27.6 Å². The minimum absolute atomic E-state index is 0.248. The van der Waals surface area contributed by atoms with Crippen molar-refractivity contribution in [3.63, 3.8) is 0 Å². The fourth-order valence-corrected chi connectivity index (χ4v) is 4.05. The van der Waals surface area contributed by atoms with Crippen LogP contribution in [0.5, 0.6) is 0 Å². The number of ether oxygens (including phenoxy) is 1. The van der Waals surface area contributed by atoms with E-state index in [-0.39, 0.29) is 12.4 Å². The number of esters is 1. The highest BCUT2D eigenvalue weighted by Gasteiger charge is 2.37. The van der Waals surface area contributed by atoms with Crippen molar-refractivity contribution in [2.45, 2.75) is 32.2 Å². The largest absolute Gasteiger partial charge is 0.469 e. The topological polar surface area (TPSA) is 69.4 Å². The monoisotopic (exact) mass is 452 g/mol. The van der Waals surface area contributed by atoms with Gasteiger partial charge in [-0.1, -0.05) is 22.0 Å². The zero-order chi connectivity index (χ0) is 20.6. The Hall–Kier alpha value is -2.80. The van der Waals surface area contributed by atoms with E-state index in [0.29, 0.717) is 6.42 Å². The van der Waals surface area contributed by atoms with E-state index in [9.17, 15) is 4.79 Å². The molecule has 0 radical (unpaired) electrons. The van der Waals surface area contributed by atoms with Gasteiger partial charge in [0.05, 0.1) is 24.2 Å². The molecule has 0 saturated carbocycles. The van der Waals surface area contributed by atoms with Gasteiger partial charge in [0.15, 0.2) is 0 Å². The number of pyridine rings is 1. The summed E-state index contributed by atoms with van der Waals surface area (Å²) in [5, 5.41) is 0. The predicted molar refractivity (Wildman–Crippen MR) is 114 cm³/mol. The maximum Gasteiger partial charge on any atom is 0.305 e. The van der Waals surface area contributed by atoms with Gasteiger partial charge in [-0.15, -0.1) is 0 Å². The number of carbonyl (C=O) groups excluding carboxylic acids is 1. The maximum atomic E-state index is 11.9. The molecule has 7 heteroatoms. The fourth-order valence-electron chi connectivity index (χ4n) is 3.68. The van der Waals surface area contributed by atoms with Gasteiger partial charge < -0.3 is 4.74 Å². The molecule has 1 atom stereocenters. The first kappa shape index (κ1) is 19.5. The van der Waals surface area contributed by atoms with Crippen molar-refractivity contribution < 1.29 is 9.53 Å². The fraction of sp³-hybridized carbons (Fsp3) is 0.273. The Labute approximate surface area is 177 Å². The third-order valence-electron chi connectivity index (χ3n) is 5.18. The molecule has 0 N–H and O–H groups in total. The number of hydrogen-bond acceptors (Lipinski definition) is 5. The van der Waals surface area contributed by atoms with Gasteiger partial charge in [0.2, 0.25) is 0 Å². The summed E-state index contributed by atoms with van der Waals surface area (Å²) >= 11 is 3.59. The molecule has 1 aromatic carbocycles. The molecule has 3 heterocycles. The van der Waals surface area contributed by atoms with E-state index >= 15 is 0 Å². The molecule has 2 aromatic heterocycles. The number of hydrogen-bond donors (Lipinski definition) is 0. The van der Waals surface area contributed by atoms with Crippen LogP contribution in [0.2, 0.25) is 0 Å². The van der Waals surface area contributed by atoms with Crippen LogP contribution < -0.4 is 0 Å². The molecule has 0 unspecified atom stereocenters. The second-order valence-corrected chi connectivity index (χ2v) is 8.16. The number of carbonyl (C=O) groups is 1. The molecule has 0 aliphatic carbocycles. The number of fused-ring (bicyclic) bond motifs is 3. The molecule has 1 aliphatic heterocycles. The number of aryl methyl sites for hydroxylation is 1.